The Morgan fingerprint density at radius 1 is 1.35 bits per heavy atom. The van der Waals surface area contributed by atoms with Crippen LogP contribution in [0.1, 0.15) is 25.1 Å². The fourth-order valence-electron chi connectivity index (χ4n) is 2.13. The first-order valence-corrected chi connectivity index (χ1v) is 6.17. The number of aryl methyl sites for hydroxylation is 1. The Kier molecular flexibility index (Phi) is 5.09. The van der Waals surface area contributed by atoms with Gasteiger partial charge >= 0.3 is 0 Å². The molecule has 0 fully saturated rings. The Bertz CT molecular complexity index is 345. The minimum absolute atomic E-state index is 0.284. The monoisotopic (exact) mass is 235 g/mol. The first-order chi connectivity index (χ1) is 7.91. The Morgan fingerprint density at radius 2 is 2.06 bits per heavy atom. The predicted octanol–water partition coefficient (Wildman–Crippen LogP) is 2.07. The quantitative estimate of drug-likeness (QED) is 0.818. The van der Waals surface area contributed by atoms with Crippen LogP contribution in [0.15, 0.2) is 18.3 Å². The van der Waals surface area contributed by atoms with Gasteiger partial charge in [0.25, 0.3) is 0 Å². The third-order valence-corrected chi connectivity index (χ3v) is 2.76. The summed E-state index contributed by atoms with van der Waals surface area (Å²) in [4.78, 5) is 6.62. The Morgan fingerprint density at radius 3 is 2.65 bits per heavy atom. The molecule has 3 nitrogen and oxygen atoms in total. The second-order valence-electron chi connectivity index (χ2n) is 5.77. The molecule has 0 bridgehead atoms. The molecule has 0 amide bonds. The van der Waals surface area contributed by atoms with Crippen LogP contribution < -0.4 is 5.32 Å². The summed E-state index contributed by atoms with van der Waals surface area (Å²) in [5.41, 5.74) is 2.69. The molecule has 0 atom stereocenters. The van der Waals surface area contributed by atoms with E-state index in [1.54, 1.807) is 0 Å². The molecule has 0 unspecified atom stereocenters. The van der Waals surface area contributed by atoms with E-state index < -0.39 is 0 Å². The van der Waals surface area contributed by atoms with Crippen LogP contribution in [0.2, 0.25) is 0 Å². The topological polar surface area (TPSA) is 28.2 Å². The number of hydrogen-bond donors (Lipinski definition) is 1. The van der Waals surface area contributed by atoms with Gasteiger partial charge in [-0.1, -0.05) is 19.9 Å². The van der Waals surface area contributed by atoms with Gasteiger partial charge in [0.05, 0.1) is 5.69 Å². The fraction of sp³-hybridized carbons (Fsp3) is 0.643. The third kappa shape index (κ3) is 5.29. The van der Waals surface area contributed by atoms with E-state index in [0.29, 0.717) is 0 Å². The molecule has 0 saturated carbocycles. The lowest BCUT2D eigenvalue weighted by atomic mass is 9.93. The third-order valence-electron chi connectivity index (χ3n) is 2.76. The largest absolute Gasteiger partial charge is 0.311 e. The molecule has 0 saturated heterocycles. The van der Waals surface area contributed by atoms with E-state index >= 15 is 0 Å². The minimum Gasteiger partial charge on any atom is -0.311 e. The molecule has 0 aliphatic heterocycles. The lowest BCUT2D eigenvalue weighted by Gasteiger charge is -2.28. The van der Waals surface area contributed by atoms with Crippen LogP contribution in [0.4, 0.5) is 0 Å². The highest BCUT2D eigenvalue weighted by Gasteiger charge is 2.18. The Hall–Kier alpha value is -0.930. The number of nitrogens with one attached hydrogen (secondary N) is 1. The molecular formula is C14H25N3. The van der Waals surface area contributed by atoms with Gasteiger partial charge < -0.3 is 10.2 Å². The zero-order chi connectivity index (χ0) is 12.9. The maximum absolute atomic E-state index is 4.39. The molecule has 0 aliphatic carbocycles. The maximum atomic E-state index is 4.39. The predicted molar refractivity (Wildman–Crippen MR) is 73.0 cm³/mol. The van der Waals surface area contributed by atoms with Crippen LogP contribution in [0.3, 0.4) is 0 Å². The maximum Gasteiger partial charge on any atom is 0.0570 e. The summed E-state index contributed by atoms with van der Waals surface area (Å²) in [6, 6.07) is 4.09. The van der Waals surface area contributed by atoms with Gasteiger partial charge in [0.15, 0.2) is 0 Å². The molecule has 0 aromatic carbocycles. The summed E-state index contributed by atoms with van der Waals surface area (Å²) in [7, 11) is 4.23. The Balaban J connectivity index is 2.40. The summed E-state index contributed by atoms with van der Waals surface area (Å²) in [5.74, 6) is 0. The highest BCUT2D eigenvalue weighted by Crippen LogP contribution is 2.14. The van der Waals surface area contributed by atoms with Crippen molar-refractivity contribution in [3.63, 3.8) is 0 Å². The summed E-state index contributed by atoms with van der Waals surface area (Å²) in [6.45, 7) is 9.61. The van der Waals surface area contributed by atoms with E-state index in [9.17, 15) is 0 Å². The molecule has 3 heteroatoms. The van der Waals surface area contributed by atoms with Gasteiger partial charge in [0, 0.05) is 25.8 Å². The molecule has 0 radical (unpaired) electrons. The zero-order valence-electron chi connectivity index (χ0n) is 11.7. The summed E-state index contributed by atoms with van der Waals surface area (Å²) in [6.07, 6.45) is 1.86. The van der Waals surface area contributed by atoms with E-state index in [0.717, 1.165) is 25.3 Å². The zero-order valence-corrected chi connectivity index (χ0v) is 11.7. The molecule has 0 spiro atoms. The summed E-state index contributed by atoms with van der Waals surface area (Å²) in [5, 5.41) is 3.50. The van der Waals surface area contributed by atoms with Crippen molar-refractivity contribution in [1.82, 2.24) is 15.2 Å². The van der Waals surface area contributed by atoms with Crippen molar-refractivity contribution in [2.24, 2.45) is 5.41 Å². The summed E-state index contributed by atoms with van der Waals surface area (Å²) >= 11 is 0. The van der Waals surface area contributed by atoms with E-state index in [1.165, 1.54) is 5.56 Å². The molecule has 1 N–H and O–H groups in total. The minimum atomic E-state index is 0.284. The number of aromatic nitrogens is 1. The fourth-order valence-corrected chi connectivity index (χ4v) is 2.13. The van der Waals surface area contributed by atoms with Crippen molar-refractivity contribution in [2.75, 3.05) is 27.2 Å². The smallest absolute Gasteiger partial charge is 0.0570 e. The van der Waals surface area contributed by atoms with Crippen molar-refractivity contribution in [1.29, 1.82) is 0 Å². The number of nitrogens with zero attached hydrogens (tertiary/aromatic N) is 2. The van der Waals surface area contributed by atoms with E-state index in [2.05, 4.69) is 56.1 Å². The van der Waals surface area contributed by atoms with E-state index in [1.807, 2.05) is 12.3 Å². The molecule has 1 aromatic rings. The standard InChI is InChI=1S/C14H25N3/c1-12-7-6-8-16-13(12)9-15-10-14(2,3)11-17(4)5/h6-8,15H,9-11H2,1-5H3. The molecule has 96 valence electrons. The van der Waals surface area contributed by atoms with Gasteiger partial charge in [-0.15, -0.1) is 0 Å². The van der Waals surface area contributed by atoms with Crippen molar-refractivity contribution in [3.8, 4) is 0 Å². The number of rotatable bonds is 6. The van der Waals surface area contributed by atoms with Gasteiger partial charge in [-0.25, -0.2) is 0 Å². The van der Waals surface area contributed by atoms with Gasteiger partial charge in [0.1, 0.15) is 0 Å². The highest BCUT2D eigenvalue weighted by molar-refractivity contribution is 5.17. The van der Waals surface area contributed by atoms with Crippen LogP contribution in [-0.4, -0.2) is 37.1 Å². The molecule has 1 heterocycles. The second-order valence-corrected chi connectivity index (χ2v) is 5.77. The van der Waals surface area contributed by atoms with Crippen molar-refractivity contribution in [3.05, 3.63) is 29.6 Å². The van der Waals surface area contributed by atoms with E-state index in [4.69, 9.17) is 0 Å². The van der Waals surface area contributed by atoms with Crippen molar-refractivity contribution >= 4 is 0 Å². The van der Waals surface area contributed by atoms with Gasteiger partial charge in [-0.2, -0.15) is 0 Å². The average Bonchev–Trinajstić information content (AvgIpc) is 2.18. The lowest BCUT2D eigenvalue weighted by molar-refractivity contribution is 0.232. The summed E-state index contributed by atoms with van der Waals surface area (Å²) < 4.78 is 0. The average molecular weight is 235 g/mol. The Labute approximate surface area is 105 Å². The second kappa shape index (κ2) is 6.12. The first kappa shape index (κ1) is 14.1. The van der Waals surface area contributed by atoms with Crippen LogP contribution in [-0.2, 0) is 6.54 Å². The van der Waals surface area contributed by atoms with Crippen LogP contribution in [0.5, 0.6) is 0 Å². The SMILES string of the molecule is Cc1cccnc1CNCC(C)(C)CN(C)C. The van der Waals surface area contributed by atoms with Gasteiger partial charge in [-0.3, -0.25) is 4.98 Å². The van der Waals surface area contributed by atoms with Crippen LogP contribution in [0.25, 0.3) is 0 Å². The lowest BCUT2D eigenvalue weighted by Crippen LogP contribution is -2.37. The molecular weight excluding hydrogens is 210 g/mol. The van der Waals surface area contributed by atoms with Crippen LogP contribution in [0, 0.1) is 12.3 Å². The molecule has 0 aliphatic rings. The highest BCUT2D eigenvalue weighted by atomic mass is 15.1. The number of pyridine rings is 1. The van der Waals surface area contributed by atoms with Crippen molar-refractivity contribution in [2.45, 2.75) is 27.3 Å². The molecule has 17 heavy (non-hydrogen) atoms. The normalized spacial score (nSPS) is 12.1. The molecule has 1 rings (SSSR count). The van der Waals surface area contributed by atoms with E-state index in [-0.39, 0.29) is 5.41 Å². The first-order valence-electron chi connectivity index (χ1n) is 6.17. The van der Waals surface area contributed by atoms with Crippen LogP contribution >= 0.6 is 0 Å². The molecule has 1 aromatic heterocycles. The number of hydrogen-bond acceptors (Lipinski definition) is 3. The van der Waals surface area contributed by atoms with Gasteiger partial charge in [0.2, 0.25) is 0 Å². The van der Waals surface area contributed by atoms with Gasteiger partial charge in [-0.05, 0) is 38.1 Å². The van der Waals surface area contributed by atoms with Crippen molar-refractivity contribution < 1.29 is 0 Å².